The molecule has 41 heavy (non-hydrogen) atoms. The van der Waals surface area contributed by atoms with Crippen molar-refractivity contribution in [3.8, 4) is 11.5 Å². The molecule has 1 heterocycles. The molecule has 0 bridgehead atoms. The summed E-state index contributed by atoms with van der Waals surface area (Å²) < 4.78 is 11.6. The van der Waals surface area contributed by atoms with Crippen LogP contribution in [0.1, 0.15) is 77.9 Å². The van der Waals surface area contributed by atoms with Crippen molar-refractivity contribution in [3.05, 3.63) is 80.5 Å². The highest BCUT2D eigenvalue weighted by atomic mass is 32.1. The summed E-state index contributed by atoms with van der Waals surface area (Å²) in [5, 5.41) is 25.9. The monoisotopic (exact) mass is 580 g/mol. The molecule has 12 nitrogen and oxygen atoms in total. The number of hydrogen-bond acceptors (Lipinski definition) is 9. The van der Waals surface area contributed by atoms with Gasteiger partial charge in [-0.2, -0.15) is 10.2 Å². The van der Waals surface area contributed by atoms with Crippen LogP contribution in [0.25, 0.3) is 0 Å². The summed E-state index contributed by atoms with van der Waals surface area (Å²) in [6, 6.07) is 11.8. The van der Waals surface area contributed by atoms with E-state index in [0.717, 1.165) is 11.3 Å². The van der Waals surface area contributed by atoms with Gasteiger partial charge in [-0.1, -0.05) is 38.1 Å². The molecule has 214 valence electrons. The van der Waals surface area contributed by atoms with Crippen LogP contribution in [0.5, 0.6) is 11.5 Å². The summed E-state index contributed by atoms with van der Waals surface area (Å²) in [7, 11) is 0. The van der Waals surface area contributed by atoms with Gasteiger partial charge in [-0.25, -0.2) is 20.4 Å². The van der Waals surface area contributed by atoms with E-state index < -0.39 is 23.8 Å². The van der Waals surface area contributed by atoms with E-state index in [4.69, 9.17) is 19.7 Å². The van der Waals surface area contributed by atoms with Gasteiger partial charge < -0.3 is 19.7 Å². The summed E-state index contributed by atoms with van der Waals surface area (Å²) in [5.41, 5.74) is 6.16. The van der Waals surface area contributed by atoms with E-state index in [0.29, 0.717) is 24.0 Å². The molecule has 0 aliphatic carbocycles. The van der Waals surface area contributed by atoms with E-state index in [1.165, 1.54) is 36.7 Å². The van der Waals surface area contributed by atoms with Gasteiger partial charge in [0.05, 0.1) is 36.8 Å². The second kappa shape index (κ2) is 14.9. The van der Waals surface area contributed by atoms with Crippen molar-refractivity contribution in [1.82, 2.24) is 10.9 Å². The molecule has 0 spiro atoms. The maximum atomic E-state index is 13.1. The molecule has 0 saturated carbocycles. The Kier molecular flexibility index (Phi) is 11.1. The average Bonchev–Trinajstić information content (AvgIpc) is 3.33. The van der Waals surface area contributed by atoms with E-state index in [1.807, 2.05) is 13.8 Å². The fourth-order valence-corrected chi connectivity index (χ4v) is 4.20. The van der Waals surface area contributed by atoms with Crippen LogP contribution >= 0.6 is 11.3 Å². The molecule has 0 atom stereocenters. The average molecular weight is 581 g/mol. The summed E-state index contributed by atoms with van der Waals surface area (Å²) in [6.07, 6.45) is 3.98. The number of carbonyl (C=O) groups excluding carboxylic acids is 2. The first-order valence-corrected chi connectivity index (χ1v) is 13.3. The Morgan fingerprint density at radius 3 is 1.39 bits per heavy atom. The number of carboxylic acid groups (broad SMARTS) is 2. The van der Waals surface area contributed by atoms with Crippen molar-refractivity contribution in [2.75, 3.05) is 13.2 Å². The van der Waals surface area contributed by atoms with Gasteiger partial charge in [0.2, 0.25) is 0 Å². The molecule has 2 aromatic carbocycles. The smallest absolute Gasteiger partial charge is 0.335 e. The molecular weight excluding hydrogens is 552 g/mol. The number of ether oxygens (including phenoxy) is 2. The molecule has 0 radical (unpaired) electrons. The van der Waals surface area contributed by atoms with E-state index in [1.54, 1.807) is 24.3 Å². The zero-order valence-corrected chi connectivity index (χ0v) is 23.1. The predicted molar refractivity (Wildman–Crippen MR) is 153 cm³/mol. The van der Waals surface area contributed by atoms with Crippen molar-refractivity contribution in [2.24, 2.45) is 10.2 Å². The van der Waals surface area contributed by atoms with Crippen LogP contribution in [0.15, 0.2) is 58.7 Å². The Bertz CT molecular complexity index is 1340. The molecule has 13 heteroatoms. The lowest BCUT2D eigenvalue weighted by atomic mass is 10.1. The minimum Gasteiger partial charge on any atom is -0.488 e. The number of thiophene rings is 1. The Hall–Kier alpha value is -5.04. The van der Waals surface area contributed by atoms with Crippen LogP contribution in [-0.4, -0.2) is 59.6 Å². The van der Waals surface area contributed by atoms with Crippen molar-refractivity contribution >= 4 is 47.5 Å². The molecule has 4 N–H and O–H groups in total. The highest BCUT2D eigenvalue weighted by Gasteiger charge is 2.29. The fraction of sp³-hybridized carbons (Fsp3) is 0.214. The maximum absolute atomic E-state index is 13.1. The zero-order chi connectivity index (χ0) is 29.8. The number of nitrogens with zero attached hydrogens (tertiary/aromatic N) is 2. The number of hydrazone groups is 2. The molecule has 3 rings (SSSR count). The third kappa shape index (κ3) is 8.47. The first kappa shape index (κ1) is 30.5. The van der Waals surface area contributed by atoms with Crippen LogP contribution in [-0.2, 0) is 0 Å². The first-order chi connectivity index (χ1) is 19.7. The Morgan fingerprint density at radius 2 is 1.07 bits per heavy atom. The quantitative estimate of drug-likeness (QED) is 0.162. The number of hydrogen-bond donors (Lipinski definition) is 4. The lowest BCUT2D eigenvalue weighted by molar-refractivity contribution is 0.0686. The van der Waals surface area contributed by atoms with E-state index in [2.05, 4.69) is 21.1 Å². The minimum atomic E-state index is -1.06. The van der Waals surface area contributed by atoms with Crippen molar-refractivity contribution in [1.29, 1.82) is 0 Å². The summed E-state index contributed by atoms with van der Waals surface area (Å²) in [6.45, 7) is 4.32. The van der Waals surface area contributed by atoms with Gasteiger partial charge in [-0.15, -0.1) is 11.3 Å². The van der Waals surface area contributed by atoms with Crippen LogP contribution in [0.4, 0.5) is 0 Å². The molecule has 0 fully saturated rings. The zero-order valence-electron chi connectivity index (χ0n) is 22.2. The van der Waals surface area contributed by atoms with Gasteiger partial charge in [0.25, 0.3) is 11.8 Å². The predicted octanol–water partition coefficient (Wildman–Crippen LogP) is 4.25. The van der Waals surface area contributed by atoms with E-state index >= 15 is 0 Å². The van der Waals surface area contributed by atoms with Gasteiger partial charge in [0.15, 0.2) is 11.5 Å². The normalized spacial score (nSPS) is 11.0. The molecular formula is C28H28N4O8S. The Balaban J connectivity index is 1.82. The second-order valence-corrected chi connectivity index (χ2v) is 9.39. The van der Waals surface area contributed by atoms with E-state index in [9.17, 15) is 19.2 Å². The molecule has 3 aromatic rings. The Labute approximate surface area is 239 Å². The van der Waals surface area contributed by atoms with Gasteiger partial charge >= 0.3 is 11.9 Å². The topological polar surface area (TPSA) is 176 Å². The lowest BCUT2D eigenvalue weighted by Crippen LogP contribution is -2.17. The standard InChI is InChI=1S/C28H28N4O8S/c1-3-13-39-21-22(40-14-4-2)24(26(34)32-30-16-18-7-11-20(12-8-18)28(37)38)41-23(21)25(33)31-29-15-17-5-9-19(10-6-17)27(35)36/h5-12,15-16H,3-4,13-14H2,1-2H3,(H,31,33)(H,32,34)(H,35,36)(H,37,38)/b29-15-,30-16-. The van der Waals surface area contributed by atoms with Crippen LogP contribution in [0.2, 0.25) is 0 Å². The van der Waals surface area contributed by atoms with Gasteiger partial charge in [0, 0.05) is 0 Å². The summed E-state index contributed by atoms with van der Waals surface area (Å²) >= 11 is 0.854. The van der Waals surface area contributed by atoms with E-state index in [-0.39, 0.29) is 45.6 Å². The molecule has 0 unspecified atom stereocenters. The summed E-state index contributed by atoms with van der Waals surface area (Å²) in [4.78, 5) is 48.3. The summed E-state index contributed by atoms with van der Waals surface area (Å²) in [5.74, 6) is -3.16. The van der Waals surface area contributed by atoms with Crippen molar-refractivity contribution in [2.45, 2.75) is 26.7 Å². The lowest BCUT2D eigenvalue weighted by Gasteiger charge is -2.10. The number of amides is 2. The minimum absolute atomic E-state index is 0.0707. The van der Waals surface area contributed by atoms with Crippen LogP contribution in [0, 0.1) is 0 Å². The number of rotatable bonds is 14. The number of nitrogens with one attached hydrogen (secondary N) is 2. The third-order valence-corrected chi connectivity index (χ3v) is 6.36. The van der Waals surface area contributed by atoms with Gasteiger partial charge in [-0.05, 0) is 48.2 Å². The largest absolute Gasteiger partial charge is 0.488 e. The Morgan fingerprint density at radius 1 is 0.707 bits per heavy atom. The second-order valence-electron chi connectivity index (χ2n) is 8.37. The highest BCUT2D eigenvalue weighted by Crippen LogP contribution is 2.42. The molecule has 0 aliphatic heterocycles. The van der Waals surface area contributed by atoms with Crippen molar-refractivity contribution < 1.29 is 38.9 Å². The molecule has 2 amide bonds. The highest BCUT2D eigenvalue weighted by molar-refractivity contribution is 7.16. The number of carbonyl (C=O) groups is 4. The number of benzene rings is 2. The molecule has 1 aromatic heterocycles. The van der Waals surface area contributed by atoms with Crippen LogP contribution in [0.3, 0.4) is 0 Å². The number of aromatic carboxylic acids is 2. The molecule has 0 aliphatic rings. The maximum Gasteiger partial charge on any atom is 0.335 e. The SMILES string of the molecule is CCCOc1c(C(=O)N/N=C\c2ccc(C(=O)O)cc2)sc(C(=O)N/N=C\c2ccc(C(=O)O)cc2)c1OCCC. The molecule has 0 saturated heterocycles. The third-order valence-electron chi connectivity index (χ3n) is 5.21. The first-order valence-electron chi connectivity index (χ1n) is 12.5. The van der Waals surface area contributed by atoms with Gasteiger partial charge in [-0.3, -0.25) is 9.59 Å². The fourth-order valence-electron chi connectivity index (χ4n) is 3.23. The van der Waals surface area contributed by atoms with Gasteiger partial charge in [0.1, 0.15) is 9.75 Å². The van der Waals surface area contributed by atoms with Crippen LogP contribution < -0.4 is 20.3 Å². The van der Waals surface area contributed by atoms with Crippen molar-refractivity contribution in [3.63, 3.8) is 0 Å². The number of carboxylic acids is 2.